The minimum atomic E-state index is -1.07. The molecule has 1 fully saturated rings. The molecule has 1 aliphatic rings. The second kappa shape index (κ2) is 8.47. The molecule has 0 aromatic rings. The van der Waals surface area contributed by atoms with Crippen LogP contribution in [0.15, 0.2) is 0 Å². The van der Waals surface area contributed by atoms with Gasteiger partial charge in [0.25, 0.3) is 0 Å². The van der Waals surface area contributed by atoms with Crippen LogP contribution in [0.3, 0.4) is 0 Å². The molecule has 0 amide bonds. The van der Waals surface area contributed by atoms with Crippen molar-refractivity contribution in [2.24, 2.45) is 11.8 Å². The molecule has 0 aromatic carbocycles. The highest BCUT2D eigenvalue weighted by Crippen LogP contribution is 2.29. The van der Waals surface area contributed by atoms with Crippen molar-refractivity contribution in [1.29, 1.82) is 0 Å². The monoisotopic (exact) mass is 302 g/mol. The van der Waals surface area contributed by atoms with Crippen molar-refractivity contribution in [2.45, 2.75) is 78.3 Å². The van der Waals surface area contributed by atoms with Crippen LogP contribution < -0.4 is 0 Å². The molecule has 0 spiro atoms. The Morgan fingerprint density at radius 1 is 0.905 bits per heavy atom. The van der Waals surface area contributed by atoms with Gasteiger partial charge in [-0.15, -0.1) is 0 Å². The summed E-state index contributed by atoms with van der Waals surface area (Å²) in [4.78, 5) is 0. The second-order valence-electron chi connectivity index (χ2n) is 7.33. The van der Waals surface area contributed by atoms with Gasteiger partial charge in [0.05, 0.1) is 19.8 Å². The van der Waals surface area contributed by atoms with E-state index in [1.165, 1.54) is 25.7 Å². The Hall–Kier alpha value is -0.160. The SMILES string of the molecule is CC1CCC(COC(C)(C)OCCCOC(C)(C)O)CC1. The average molecular weight is 302 g/mol. The average Bonchev–Trinajstić information content (AvgIpc) is 2.36. The van der Waals surface area contributed by atoms with Gasteiger partial charge in [-0.2, -0.15) is 0 Å². The molecular weight excluding hydrogens is 268 g/mol. The van der Waals surface area contributed by atoms with E-state index in [4.69, 9.17) is 14.2 Å². The highest BCUT2D eigenvalue weighted by Gasteiger charge is 2.24. The van der Waals surface area contributed by atoms with Crippen LogP contribution in [-0.2, 0) is 14.2 Å². The highest BCUT2D eigenvalue weighted by molar-refractivity contribution is 4.70. The van der Waals surface area contributed by atoms with E-state index in [-0.39, 0.29) is 0 Å². The van der Waals surface area contributed by atoms with Gasteiger partial charge >= 0.3 is 0 Å². The number of ether oxygens (including phenoxy) is 3. The summed E-state index contributed by atoms with van der Waals surface area (Å²) in [5, 5.41) is 9.44. The van der Waals surface area contributed by atoms with E-state index in [0.717, 1.165) is 18.9 Å². The Morgan fingerprint density at radius 2 is 1.48 bits per heavy atom. The van der Waals surface area contributed by atoms with Gasteiger partial charge in [-0.25, -0.2) is 0 Å². The molecule has 0 bridgehead atoms. The van der Waals surface area contributed by atoms with Crippen LogP contribution in [0.2, 0.25) is 0 Å². The van der Waals surface area contributed by atoms with Crippen molar-refractivity contribution in [3.8, 4) is 0 Å². The summed E-state index contributed by atoms with van der Waals surface area (Å²) in [5.41, 5.74) is 0. The number of aliphatic hydroxyl groups is 1. The highest BCUT2D eigenvalue weighted by atomic mass is 16.7. The van der Waals surface area contributed by atoms with Crippen LogP contribution in [0.4, 0.5) is 0 Å². The molecule has 0 aromatic heterocycles. The lowest BCUT2D eigenvalue weighted by atomic mass is 9.83. The maximum atomic E-state index is 9.44. The predicted octanol–water partition coefficient (Wildman–Crippen LogP) is 3.72. The lowest BCUT2D eigenvalue weighted by molar-refractivity contribution is -0.226. The third-order valence-electron chi connectivity index (χ3n) is 4.00. The summed E-state index contributed by atoms with van der Waals surface area (Å²) >= 11 is 0. The molecule has 0 heterocycles. The van der Waals surface area contributed by atoms with Gasteiger partial charge in [0.2, 0.25) is 0 Å². The van der Waals surface area contributed by atoms with Crippen LogP contribution >= 0.6 is 0 Å². The molecule has 0 saturated heterocycles. The first kappa shape index (κ1) is 18.9. The second-order valence-corrected chi connectivity index (χ2v) is 7.33. The molecule has 1 N–H and O–H groups in total. The molecule has 1 saturated carbocycles. The molecule has 4 nitrogen and oxygen atoms in total. The summed E-state index contributed by atoms with van der Waals surface area (Å²) < 4.78 is 17.0. The third kappa shape index (κ3) is 9.46. The van der Waals surface area contributed by atoms with Gasteiger partial charge in [-0.3, -0.25) is 0 Å². The standard InChI is InChI=1S/C17H34O4/c1-14-7-9-15(10-8-14)13-21-17(4,5)20-12-6-11-19-16(2,3)18/h14-15,18H,6-13H2,1-5H3. The van der Waals surface area contributed by atoms with Gasteiger partial charge in [0.1, 0.15) is 0 Å². The molecule has 0 unspecified atom stereocenters. The fraction of sp³-hybridized carbons (Fsp3) is 1.00. The van der Waals surface area contributed by atoms with Crippen LogP contribution in [-0.4, -0.2) is 36.5 Å². The smallest absolute Gasteiger partial charge is 0.162 e. The van der Waals surface area contributed by atoms with Gasteiger partial charge in [0, 0.05) is 0 Å². The Labute approximate surface area is 130 Å². The van der Waals surface area contributed by atoms with Gasteiger partial charge in [0.15, 0.2) is 11.6 Å². The molecule has 0 atom stereocenters. The van der Waals surface area contributed by atoms with Crippen LogP contribution in [0.1, 0.15) is 66.7 Å². The van der Waals surface area contributed by atoms with E-state index in [0.29, 0.717) is 19.1 Å². The molecular formula is C17H34O4. The molecule has 126 valence electrons. The van der Waals surface area contributed by atoms with Crippen LogP contribution in [0.5, 0.6) is 0 Å². The zero-order valence-electron chi connectivity index (χ0n) is 14.5. The normalized spacial score (nSPS) is 24.3. The first-order valence-corrected chi connectivity index (χ1v) is 8.32. The van der Waals surface area contributed by atoms with Crippen molar-refractivity contribution in [3.63, 3.8) is 0 Å². The zero-order chi connectivity index (χ0) is 15.9. The lowest BCUT2D eigenvalue weighted by Crippen LogP contribution is -2.32. The fourth-order valence-electron chi connectivity index (χ4n) is 2.55. The minimum Gasteiger partial charge on any atom is -0.366 e. The minimum absolute atomic E-state index is 0.486. The molecule has 0 aliphatic heterocycles. The Morgan fingerprint density at radius 3 is 2.05 bits per heavy atom. The van der Waals surface area contributed by atoms with Crippen molar-refractivity contribution in [3.05, 3.63) is 0 Å². The molecule has 4 heteroatoms. The van der Waals surface area contributed by atoms with Crippen molar-refractivity contribution in [2.75, 3.05) is 19.8 Å². The van der Waals surface area contributed by atoms with E-state index in [1.54, 1.807) is 13.8 Å². The van der Waals surface area contributed by atoms with Crippen molar-refractivity contribution < 1.29 is 19.3 Å². The van der Waals surface area contributed by atoms with Crippen LogP contribution in [0, 0.1) is 11.8 Å². The van der Waals surface area contributed by atoms with Gasteiger partial charge < -0.3 is 19.3 Å². The van der Waals surface area contributed by atoms with Crippen LogP contribution in [0.25, 0.3) is 0 Å². The van der Waals surface area contributed by atoms with E-state index in [1.807, 2.05) is 13.8 Å². The fourth-order valence-corrected chi connectivity index (χ4v) is 2.55. The maximum absolute atomic E-state index is 9.44. The summed E-state index contributed by atoms with van der Waals surface area (Å²) in [5.74, 6) is -0.0500. The molecule has 21 heavy (non-hydrogen) atoms. The summed E-state index contributed by atoms with van der Waals surface area (Å²) in [6.45, 7) is 11.4. The molecule has 1 aliphatic carbocycles. The van der Waals surface area contributed by atoms with Gasteiger partial charge in [-0.1, -0.05) is 19.8 Å². The van der Waals surface area contributed by atoms with E-state index in [9.17, 15) is 5.11 Å². The van der Waals surface area contributed by atoms with Crippen molar-refractivity contribution >= 4 is 0 Å². The quantitative estimate of drug-likeness (QED) is 0.521. The summed E-state index contributed by atoms with van der Waals surface area (Å²) in [6, 6.07) is 0. The Bertz CT molecular complexity index is 275. The molecule has 0 radical (unpaired) electrons. The van der Waals surface area contributed by atoms with Crippen molar-refractivity contribution in [1.82, 2.24) is 0 Å². The largest absolute Gasteiger partial charge is 0.366 e. The van der Waals surface area contributed by atoms with Gasteiger partial charge in [-0.05, 0) is 58.8 Å². The number of hydrogen-bond donors (Lipinski definition) is 1. The summed E-state index contributed by atoms with van der Waals surface area (Å²) in [6.07, 6.45) is 5.94. The first-order valence-electron chi connectivity index (χ1n) is 8.32. The molecule has 1 rings (SSSR count). The van der Waals surface area contributed by atoms with E-state index < -0.39 is 11.6 Å². The third-order valence-corrected chi connectivity index (χ3v) is 4.00. The Balaban J connectivity index is 2.10. The first-order chi connectivity index (χ1) is 9.68. The number of hydrogen-bond acceptors (Lipinski definition) is 4. The Kier molecular flexibility index (Phi) is 7.62. The summed E-state index contributed by atoms with van der Waals surface area (Å²) in [7, 11) is 0. The lowest BCUT2D eigenvalue weighted by Gasteiger charge is -2.31. The van der Waals surface area contributed by atoms with E-state index in [2.05, 4.69) is 6.92 Å². The zero-order valence-corrected chi connectivity index (χ0v) is 14.5. The number of rotatable bonds is 9. The van der Waals surface area contributed by atoms with E-state index >= 15 is 0 Å². The topological polar surface area (TPSA) is 47.9 Å². The maximum Gasteiger partial charge on any atom is 0.162 e. The predicted molar refractivity (Wildman–Crippen MR) is 84.0 cm³/mol.